The highest BCUT2D eigenvalue weighted by Gasteiger charge is 2.41. The van der Waals surface area contributed by atoms with Crippen molar-refractivity contribution in [1.82, 2.24) is 0 Å². The number of aliphatic hydroxyl groups is 1. The predicted molar refractivity (Wildman–Crippen MR) is 125 cm³/mol. The summed E-state index contributed by atoms with van der Waals surface area (Å²) >= 11 is 0. The van der Waals surface area contributed by atoms with Crippen LogP contribution in [0.3, 0.4) is 0 Å². The van der Waals surface area contributed by atoms with Crippen LogP contribution in [0, 0.1) is 0 Å². The van der Waals surface area contributed by atoms with Crippen molar-refractivity contribution in [3.05, 3.63) is 95.6 Å². The first-order chi connectivity index (χ1) is 16.1. The molecule has 0 unspecified atom stereocenters. The second kappa shape index (κ2) is 10.4. The van der Waals surface area contributed by atoms with Crippen LogP contribution >= 0.6 is 0 Å². The molecule has 33 heavy (non-hydrogen) atoms. The van der Waals surface area contributed by atoms with Crippen molar-refractivity contribution >= 4 is 0 Å². The van der Waals surface area contributed by atoms with E-state index >= 15 is 0 Å². The van der Waals surface area contributed by atoms with Crippen LogP contribution < -0.4 is 9.47 Å². The Morgan fingerprint density at radius 2 is 1.30 bits per heavy atom. The summed E-state index contributed by atoms with van der Waals surface area (Å²) in [6.45, 7) is 0.225. The van der Waals surface area contributed by atoms with Gasteiger partial charge in [-0.2, -0.15) is 0 Å². The molecule has 1 saturated heterocycles. The molecule has 1 aliphatic rings. The van der Waals surface area contributed by atoms with Crippen LogP contribution in [-0.4, -0.2) is 51.5 Å². The number of benzene rings is 3. The number of hydrogen-bond acceptors (Lipinski definition) is 6. The molecule has 1 fully saturated rings. The van der Waals surface area contributed by atoms with Gasteiger partial charge in [0, 0.05) is 13.5 Å². The molecule has 174 valence electrons. The quantitative estimate of drug-likeness (QED) is 0.495. The summed E-state index contributed by atoms with van der Waals surface area (Å²) in [4.78, 5) is 0. The lowest BCUT2D eigenvalue weighted by molar-refractivity contribution is -0.132. The summed E-state index contributed by atoms with van der Waals surface area (Å²) in [5.74, 6) is 1.52. The molecule has 6 nitrogen and oxygen atoms in total. The van der Waals surface area contributed by atoms with Crippen molar-refractivity contribution in [1.29, 1.82) is 0 Å². The Morgan fingerprint density at radius 1 is 0.788 bits per heavy atom. The summed E-state index contributed by atoms with van der Waals surface area (Å²) in [7, 11) is 4.91. The smallest absolute Gasteiger partial charge is 0.157 e. The monoisotopic (exact) mass is 450 g/mol. The lowest BCUT2D eigenvalue weighted by Gasteiger charge is -2.37. The van der Waals surface area contributed by atoms with E-state index in [4.69, 9.17) is 23.7 Å². The molecule has 3 aromatic rings. The molecular weight excluding hydrogens is 420 g/mol. The molecule has 6 heteroatoms. The van der Waals surface area contributed by atoms with Gasteiger partial charge >= 0.3 is 0 Å². The Kier molecular flexibility index (Phi) is 7.30. The molecule has 0 bridgehead atoms. The first-order valence-corrected chi connectivity index (χ1v) is 11.0. The van der Waals surface area contributed by atoms with Gasteiger partial charge in [-0.1, -0.05) is 54.6 Å². The highest BCUT2D eigenvalue weighted by Crippen LogP contribution is 2.42. The van der Waals surface area contributed by atoms with Crippen LogP contribution in [0.4, 0.5) is 0 Å². The number of hydrogen-bond donors (Lipinski definition) is 1. The van der Waals surface area contributed by atoms with E-state index in [1.165, 1.54) is 0 Å². The van der Waals surface area contributed by atoms with Crippen LogP contribution in [-0.2, 0) is 19.8 Å². The van der Waals surface area contributed by atoms with Gasteiger partial charge in [-0.05, 0) is 41.0 Å². The molecule has 0 aromatic heterocycles. The zero-order chi connectivity index (χ0) is 23.3. The minimum absolute atomic E-state index is 0.225. The molecule has 3 atom stereocenters. The third-order valence-electron chi connectivity index (χ3n) is 6.12. The van der Waals surface area contributed by atoms with E-state index in [9.17, 15) is 5.11 Å². The average molecular weight is 451 g/mol. The number of methoxy groups -OCH3 is 3. The zero-order valence-electron chi connectivity index (χ0n) is 19.1. The van der Waals surface area contributed by atoms with E-state index in [0.29, 0.717) is 6.42 Å². The molecule has 0 saturated carbocycles. The van der Waals surface area contributed by atoms with Gasteiger partial charge in [0.15, 0.2) is 6.29 Å². The van der Waals surface area contributed by atoms with Crippen molar-refractivity contribution in [2.24, 2.45) is 0 Å². The zero-order valence-corrected chi connectivity index (χ0v) is 19.1. The van der Waals surface area contributed by atoms with Gasteiger partial charge in [0.2, 0.25) is 0 Å². The van der Waals surface area contributed by atoms with Gasteiger partial charge in [0.1, 0.15) is 23.2 Å². The van der Waals surface area contributed by atoms with E-state index in [-0.39, 0.29) is 12.7 Å². The Bertz CT molecular complexity index is 956. The third-order valence-corrected chi connectivity index (χ3v) is 6.12. The Morgan fingerprint density at radius 3 is 1.79 bits per heavy atom. The topological polar surface area (TPSA) is 66.4 Å². The van der Waals surface area contributed by atoms with Crippen LogP contribution in [0.25, 0.3) is 0 Å². The van der Waals surface area contributed by atoms with E-state index in [1.807, 2.05) is 78.9 Å². The van der Waals surface area contributed by atoms with Crippen molar-refractivity contribution in [2.45, 2.75) is 30.5 Å². The average Bonchev–Trinajstić information content (AvgIpc) is 3.25. The van der Waals surface area contributed by atoms with Crippen molar-refractivity contribution in [3.63, 3.8) is 0 Å². The molecule has 0 amide bonds. The van der Waals surface area contributed by atoms with Gasteiger partial charge in [0.25, 0.3) is 0 Å². The summed E-state index contributed by atoms with van der Waals surface area (Å²) < 4.78 is 28.8. The largest absolute Gasteiger partial charge is 0.497 e. The Balaban J connectivity index is 1.83. The predicted octanol–water partition coefficient (Wildman–Crippen LogP) is 4.13. The molecule has 1 N–H and O–H groups in total. The normalized spacial score (nSPS) is 20.5. The minimum atomic E-state index is -0.936. The molecule has 1 aliphatic heterocycles. The molecule has 4 rings (SSSR count). The van der Waals surface area contributed by atoms with Crippen molar-refractivity contribution in [3.8, 4) is 11.5 Å². The van der Waals surface area contributed by atoms with Crippen LogP contribution in [0.2, 0.25) is 0 Å². The van der Waals surface area contributed by atoms with Gasteiger partial charge in [-0.25, -0.2) is 0 Å². The Labute approximate surface area is 194 Å². The Hall–Kier alpha value is -2.90. The molecule has 0 radical (unpaired) electrons. The van der Waals surface area contributed by atoms with E-state index in [1.54, 1.807) is 21.3 Å². The second-order valence-corrected chi connectivity index (χ2v) is 7.95. The summed E-state index contributed by atoms with van der Waals surface area (Å²) in [5.41, 5.74) is 1.90. The first-order valence-electron chi connectivity index (χ1n) is 11.0. The van der Waals surface area contributed by atoms with Crippen LogP contribution in [0.5, 0.6) is 11.5 Å². The summed E-state index contributed by atoms with van der Waals surface area (Å²) in [5, 5.41) is 10.0. The maximum absolute atomic E-state index is 10.0. The maximum Gasteiger partial charge on any atom is 0.157 e. The van der Waals surface area contributed by atoms with Crippen LogP contribution in [0.1, 0.15) is 23.1 Å². The molecular formula is C27H30O6. The van der Waals surface area contributed by atoms with Gasteiger partial charge in [-0.3, -0.25) is 0 Å². The summed E-state index contributed by atoms with van der Waals surface area (Å²) in [6, 6.07) is 25.8. The fourth-order valence-corrected chi connectivity index (χ4v) is 4.37. The standard InChI is InChI=1S/C27H30O6/c1-29-22-13-9-20(10-14-22)27(19-7-5-4-6-8-19,21-11-15-23(30-2)16-12-21)32-18-25-24(31-3)17-26(28)33-25/h4-16,24-26,28H,17-18H2,1-3H3/t24-,25+,26-/m0/s1. The van der Waals surface area contributed by atoms with Crippen molar-refractivity contribution in [2.75, 3.05) is 27.9 Å². The SMILES string of the molecule is COc1ccc(C(OC[C@H]2O[C@H](O)C[C@@H]2OC)(c2ccccc2)c2ccc(OC)cc2)cc1. The van der Waals surface area contributed by atoms with E-state index in [2.05, 4.69) is 0 Å². The van der Waals surface area contributed by atoms with E-state index in [0.717, 1.165) is 28.2 Å². The molecule has 0 spiro atoms. The number of rotatable bonds is 9. The molecule has 0 aliphatic carbocycles. The van der Waals surface area contributed by atoms with Gasteiger partial charge < -0.3 is 28.8 Å². The highest BCUT2D eigenvalue weighted by molar-refractivity contribution is 5.49. The number of aliphatic hydroxyl groups excluding tert-OH is 1. The third kappa shape index (κ3) is 4.75. The van der Waals surface area contributed by atoms with Gasteiger partial charge in [-0.15, -0.1) is 0 Å². The maximum atomic E-state index is 10.0. The molecule has 1 heterocycles. The van der Waals surface area contributed by atoms with Gasteiger partial charge in [0.05, 0.1) is 26.9 Å². The summed E-state index contributed by atoms with van der Waals surface area (Å²) in [6.07, 6.45) is -1.10. The fourth-order valence-electron chi connectivity index (χ4n) is 4.37. The molecule has 3 aromatic carbocycles. The lowest BCUT2D eigenvalue weighted by atomic mass is 9.80. The lowest BCUT2D eigenvalue weighted by Crippen LogP contribution is -2.38. The highest BCUT2D eigenvalue weighted by atomic mass is 16.6. The second-order valence-electron chi connectivity index (χ2n) is 7.95. The van der Waals surface area contributed by atoms with E-state index < -0.39 is 18.0 Å². The number of ether oxygens (including phenoxy) is 5. The van der Waals surface area contributed by atoms with Crippen LogP contribution in [0.15, 0.2) is 78.9 Å². The minimum Gasteiger partial charge on any atom is -0.497 e. The van der Waals surface area contributed by atoms with Crippen molar-refractivity contribution < 1.29 is 28.8 Å². The fraction of sp³-hybridized carbons (Fsp3) is 0.333. The first kappa shape index (κ1) is 23.3.